The summed E-state index contributed by atoms with van der Waals surface area (Å²) < 4.78 is 1.84. The highest BCUT2D eigenvalue weighted by molar-refractivity contribution is 6.05. The van der Waals surface area contributed by atoms with E-state index in [9.17, 15) is 4.79 Å². The number of carbonyl (C=O) groups is 1. The molecule has 2 aromatic carbocycles. The van der Waals surface area contributed by atoms with Crippen molar-refractivity contribution in [3.05, 3.63) is 66.0 Å². The van der Waals surface area contributed by atoms with Crippen molar-refractivity contribution in [3.63, 3.8) is 0 Å². The summed E-state index contributed by atoms with van der Waals surface area (Å²) in [6.45, 7) is 1.92. The molecule has 1 amide bonds. The predicted molar refractivity (Wildman–Crippen MR) is 85.6 cm³/mol. The number of nitrogens with zero attached hydrogens (tertiary/aromatic N) is 3. The van der Waals surface area contributed by atoms with E-state index in [1.54, 1.807) is 6.33 Å². The van der Waals surface area contributed by atoms with Crippen molar-refractivity contribution >= 4 is 11.6 Å². The van der Waals surface area contributed by atoms with Crippen molar-refractivity contribution in [1.82, 2.24) is 14.8 Å². The molecule has 0 bridgehead atoms. The zero-order valence-electron chi connectivity index (χ0n) is 12.4. The predicted octanol–water partition coefficient (Wildman–Crippen LogP) is 3.04. The van der Waals surface area contributed by atoms with Gasteiger partial charge in [-0.2, -0.15) is 0 Å². The van der Waals surface area contributed by atoms with Crippen LogP contribution in [0, 0.1) is 6.92 Å². The lowest BCUT2D eigenvalue weighted by Crippen LogP contribution is -2.13. The first-order valence-electron chi connectivity index (χ1n) is 6.96. The zero-order chi connectivity index (χ0) is 15.5. The van der Waals surface area contributed by atoms with Crippen LogP contribution in [0.5, 0.6) is 0 Å². The number of nitrogens with one attached hydrogen (secondary N) is 1. The summed E-state index contributed by atoms with van der Waals surface area (Å²) in [7, 11) is 1.88. The summed E-state index contributed by atoms with van der Waals surface area (Å²) in [6.07, 6.45) is 1.65. The van der Waals surface area contributed by atoms with E-state index in [4.69, 9.17) is 0 Å². The summed E-state index contributed by atoms with van der Waals surface area (Å²) in [5.74, 6) is 0.639. The van der Waals surface area contributed by atoms with Gasteiger partial charge in [-0.25, -0.2) is 0 Å². The summed E-state index contributed by atoms with van der Waals surface area (Å²) in [4.78, 5) is 12.4. The second-order valence-corrected chi connectivity index (χ2v) is 5.12. The quantitative estimate of drug-likeness (QED) is 0.807. The average molecular weight is 292 g/mol. The fourth-order valence-electron chi connectivity index (χ4n) is 2.31. The molecule has 0 fully saturated rings. The molecule has 0 spiro atoms. The van der Waals surface area contributed by atoms with Crippen LogP contribution < -0.4 is 5.32 Å². The Bertz CT molecular complexity index is 823. The summed E-state index contributed by atoms with van der Waals surface area (Å²) >= 11 is 0. The molecule has 5 nitrogen and oxygen atoms in total. The lowest BCUT2D eigenvalue weighted by molar-refractivity contribution is 0.102. The van der Waals surface area contributed by atoms with Crippen LogP contribution in [0.2, 0.25) is 0 Å². The number of rotatable bonds is 3. The van der Waals surface area contributed by atoms with Gasteiger partial charge in [0.15, 0.2) is 5.82 Å². The normalized spacial score (nSPS) is 10.5. The highest BCUT2D eigenvalue weighted by Crippen LogP contribution is 2.21. The van der Waals surface area contributed by atoms with E-state index in [-0.39, 0.29) is 5.91 Å². The first kappa shape index (κ1) is 14.0. The fraction of sp³-hybridized carbons (Fsp3) is 0.118. The monoisotopic (exact) mass is 292 g/mol. The van der Waals surface area contributed by atoms with Gasteiger partial charge >= 0.3 is 0 Å². The van der Waals surface area contributed by atoms with Crippen LogP contribution >= 0.6 is 0 Å². The molecular formula is C17H16N4O. The maximum atomic E-state index is 12.4. The SMILES string of the molecule is Cc1ccccc1C(=O)Nc1cccc(-c2nncn2C)c1. The van der Waals surface area contributed by atoms with Crippen molar-refractivity contribution in [1.29, 1.82) is 0 Å². The molecule has 3 aromatic rings. The van der Waals surface area contributed by atoms with Crippen LogP contribution in [0.3, 0.4) is 0 Å². The second-order valence-electron chi connectivity index (χ2n) is 5.12. The molecule has 0 aliphatic heterocycles. The standard InChI is InChI=1S/C17H16N4O/c1-12-6-3-4-9-15(12)17(22)19-14-8-5-7-13(10-14)16-20-18-11-21(16)2/h3-11H,1-2H3,(H,19,22). The Kier molecular flexibility index (Phi) is 3.70. The largest absolute Gasteiger partial charge is 0.322 e. The van der Waals surface area contributed by atoms with Crippen molar-refractivity contribution < 1.29 is 4.79 Å². The van der Waals surface area contributed by atoms with Crippen molar-refractivity contribution in [2.45, 2.75) is 6.92 Å². The highest BCUT2D eigenvalue weighted by atomic mass is 16.1. The highest BCUT2D eigenvalue weighted by Gasteiger charge is 2.10. The van der Waals surface area contributed by atoms with E-state index < -0.39 is 0 Å². The number of carbonyl (C=O) groups excluding carboxylic acids is 1. The van der Waals surface area contributed by atoms with Gasteiger partial charge < -0.3 is 9.88 Å². The smallest absolute Gasteiger partial charge is 0.255 e. The molecule has 0 unspecified atom stereocenters. The van der Waals surface area contributed by atoms with Gasteiger partial charge in [-0.05, 0) is 30.7 Å². The minimum absolute atomic E-state index is 0.117. The van der Waals surface area contributed by atoms with Crippen LogP contribution in [0.1, 0.15) is 15.9 Å². The molecule has 0 saturated heterocycles. The summed E-state index contributed by atoms with van der Waals surface area (Å²) in [6, 6.07) is 15.1. The molecule has 1 heterocycles. The lowest BCUT2D eigenvalue weighted by Gasteiger charge is -2.09. The van der Waals surface area contributed by atoms with Crippen LogP contribution in [-0.2, 0) is 7.05 Å². The minimum Gasteiger partial charge on any atom is -0.322 e. The maximum absolute atomic E-state index is 12.4. The van der Waals surface area contributed by atoms with E-state index in [0.717, 1.165) is 22.6 Å². The molecule has 1 aromatic heterocycles. The molecule has 0 saturated carbocycles. The Morgan fingerprint density at radius 1 is 1.14 bits per heavy atom. The Labute approximate surface area is 128 Å². The molecule has 110 valence electrons. The number of anilines is 1. The minimum atomic E-state index is -0.117. The molecule has 0 atom stereocenters. The van der Waals surface area contributed by atoms with E-state index in [1.807, 2.05) is 67.1 Å². The molecule has 3 rings (SSSR count). The van der Waals surface area contributed by atoms with Crippen LogP contribution in [0.4, 0.5) is 5.69 Å². The molecule has 5 heteroatoms. The first-order chi connectivity index (χ1) is 10.6. The number of hydrogen-bond acceptors (Lipinski definition) is 3. The Hall–Kier alpha value is -2.95. The molecule has 0 aliphatic carbocycles. The van der Waals surface area contributed by atoms with Crippen LogP contribution in [-0.4, -0.2) is 20.7 Å². The number of hydrogen-bond donors (Lipinski definition) is 1. The summed E-state index contributed by atoms with van der Waals surface area (Å²) in [5.41, 5.74) is 3.26. The molecule has 1 N–H and O–H groups in total. The topological polar surface area (TPSA) is 59.8 Å². The second kappa shape index (κ2) is 5.81. The van der Waals surface area contributed by atoms with E-state index in [1.165, 1.54) is 0 Å². The molecule has 22 heavy (non-hydrogen) atoms. The van der Waals surface area contributed by atoms with Gasteiger partial charge in [-0.1, -0.05) is 30.3 Å². The third-order valence-corrected chi connectivity index (χ3v) is 3.48. The van der Waals surface area contributed by atoms with Crippen molar-refractivity contribution in [2.24, 2.45) is 7.05 Å². The number of aromatic nitrogens is 3. The van der Waals surface area contributed by atoms with Crippen molar-refractivity contribution in [2.75, 3.05) is 5.32 Å². The molecular weight excluding hydrogens is 276 g/mol. The van der Waals surface area contributed by atoms with Gasteiger partial charge in [0.05, 0.1) is 0 Å². The number of aryl methyl sites for hydroxylation is 2. The van der Waals surface area contributed by atoms with Gasteiger partial charge in [-0.15, -0.1) is 10.2 Å². The number of benzene rings is 2. The van der Waals surface area contributed by atoms with Gasteiger partial charge in [0, 0.05) is 23.9 Å². The molecule has 0 aliphatic rings. The first-order valence-corrected chi connectivity index (χ1v) is 6.96. The van der Waals surface area contributed by atoms with Crippen molar-refractivity contribution in [3.8, 4) is 11.4 Å². The average Bonchev–Trinajstić information content (AvgIpc) is 2.94. The number of amides is 1. The van der Waals surface area contributed by atoms with Gasteiger partial charge in [0.1, 0.15) is 6.33 Å². The zero-order valence-corrected chi connectivity index (χ0v) is 12.4. The van der Waals surface area contributed by atoms with E-state index in [0.29, 0.717) is 5.56 Å². The van der Waals surface area contributed by atoms with E-state index >= 15 is 0 Å². The third kappa shape index (κ3) is 2.74. The summed E-state index contributed by atoms with van der Waals surface area (Å²) in [5, 5.41) is 10.9. The Morgan fingerprint density at radius 3 is 2.68 bits per heavy atom. The van der Waals surface area contributed by atoms with Crippen LogP contribution in [0.15, 0.2) is 54.9 Å². The molecule has 0 radical (unpaired) electrons. The lowest BCUT2D eigenvalue weighted by atomic mass is 10.1. The van der Waals surface area contributed by atoms with Crippen LogP contribution in [0.25, 0.3) is 11.4 Å². The Morgan fingerprint density at radius 2 is 1.95 bits per heavy atom. The van der Waals surface area contributed by atoms with E-state index in [2.05, 4.69) is 15.5 Å². The third-order valence-electron chi connectivity index (χ3n) is 3.48. The Balaban J connectivity index is 1.86. The van der Waals surface area contributed by atoms with Gasteiger partial charge in [0.25, 0.3) is 5.91 Å². The van der Waals surface area contributed by atoms with Gasteiger partial charge in [-0.3, -0.25) is 4.79 Å². The fourth-order valence-corrected chi connectivity index (χ4v) is 2.31. The van der Waals surface area contributed by atoms with Gasteiger partial charge in [0.2, 0.25) is 0 Å². The maximum Gasteiger partial charge on any atom is 0.255 e.